The van der Waals surface area contributed by atoms with Gasteiger partial charge in [0.1, 0.15) is 11.3 Å². The summed E-state index contributed by atoms with van der Waals surface area (Å²) in [5.74, 6) is 0. The summed E-state index contributed by atoms with van der Waals surface area (Å²) in [6, 6.07) is 5.34. The van der Waals surface area contributed by atoms with Gasteiger partial charge in [-0.3, -0.25) is 0 Å². The molecular formula is C9H5Br2NO2. The maximum atomic E-state index is 11.2. The molecule has 1 aromatic carbocycles. The molecule has 1 heterocycles. The minimum absolute atomic E-state index is 0.0931. The first kappa shape index (κ1) is 9.73. The second-order valence-corrected chi connectivity index (χ2v) is 4.47. The van der Waals surface area contributed by atoms with Crippen molar-refractivity contribution < 1.29 is 4.42 Å². The van der Waals surface area contributed by atoms with Gasteiger partial charge in [-0.05, 0) is 34.1 Å². The number of fused-ring (bicyclic) bond motifs is 1. The molecule has 14 heavy (non-hydrogen) atoms. The normalized spacial score (nSPS) is 10.7. The van der Waals surface area contributed by atoms with E-state index in [1.807, 2.05) is 6.07 Å². The van der Waals surface area contributed by atoms with E-state index < -0.39 is 5.63 Å². The molecular weight excluding hydrogens is 314 g/mol. The van der Waals surface area contributed by atoms with Crippen LogP contribution < -0.4 is 11.4 Å². The summed E-state index contributed by atoms with van der Waals surface area (Å²) in [6.45, 7) is 0. The highest BCUT2D eigenvalue weighted by Gasteiger charge is 2.09. The molecule has 5 heteroatoms. The van der Waals surface area contributed by atoms with E-state index in [-0.39, 0.29) is 5.69 Å². The second-order valence-electron chi connectivity index (χ2n) is 2.76. The molecule has 3 nitrogen and oxygen atoms in total. The summed E-state index contributed by atoms with van der Waals surface area (Å²) in [6.07, 6.45) is 0. The van der Waals surface area contributed by atoms with E-state index in [4.69, 9.17) is 10.2 Å². The number of nitrogen functional groups attached to an aromatic ring is 1. The molecule has 0 aliphatic heterocycles. The first-order valence-electron chi connectivity index (χ1n) is 3.77. The van der Waals surface area contributed by atoms with Crippen molar-refractivity contribution in [3.8, 4) is 0 Å². The Labute approximate surface area is 96.2 Å². The zero-order valence-corrected chi connectivity index (χ0v) is 10.1. The number of anilines is 1. The average Bonchev–Trinajstić information content (AvgIpc) is 2.16. The summed E-state index contributed by atoms with van der Waals surface area (Å²) in [4.78, 5) is 11.2. The standard InChI is InChI=1S/C9H5Br2NO2/c10-4-1-2-6-5(3-4)7(11)8(12)9(13)14-6/h1-3H,12H2. The highest BCUT2D eigenvalue weighted by Crippen LogP contribution is 2.28. The van der Waals surface area contributed by atoms with Crippen LogP contribution in [-0.2, 0) is 0 Å². The van der Waals surface area contributed by atoms with Crippen molar-refractivity contribution in [1.82, 2.24) is 0 Å². The molecule has 2 rings (SSSR count). The van der Waals surface area contributed by atoms with Crippen LogP contribution in [0.1, 0.15) is 0 Å². The fourth-order valence-corrected chi connectivity index (χ4v) is 1.99. The molecule has 0 aliphatic rings. The third kappa shape index (κ3) is 1.46. The maximum absolute atomic E-state index is 11.2. The van der Waals surface area contributed by atoms with Gasteiger partial charge in [-0.2, -0.15) is 0 Å². The van der Waals surface area contributed by atoms with Gasteiger partial charge in [-0.15, -0.1) is 0 Å². The lowest BCUT2D eigenvalue weighted by molar-refractivity contribution is 0.563. The molecule has 0 amide bonds. The monoisotopic (exact) mass is 317 g/mol. The second kappa shape index (κ2) is 3.40. The van der Waals surface area contributed by atoms with Crippen LogP contribution in [0.25, 0.3) is 11.0 Å². The SMILES string of the molecule is Nc1c(Br)c2cc(Br)ccc2oc1=O. The molecule has 72 valence electrons. The molecule has 0 aliphatic carbocycles. The van der Waals surface area contributed by atoms with Crippen LogP contribution in [0.3, 0.4) is 0 Å². The van der Waals surface area contributed by atoms with Crippen molar-refractivity contribution in [3.63, 3.8) is 0 Å². The molecule has 0 radical (unpaired) electrons. The summed E-state index contributed by atoms with van der Waals surface area (Å²) in [5.41, 5.74) is 5.61. The Balaban J connectivity index is 2.99. The molecule has 2 N–H and O–H groups in total. The van der Waals surface area contributed by atoms with E-state index in [9.17, 15) is 4.79 Å². The maximum Gasteiger partial charge on any atom is 0.360 e. The van der Waals surface area contributed by atoms with Crippen molar-refractivity contribution in [2.45, 2.75) is 0 Å². The lowest BCUT2D eigenvalue weighted by Crippen LogP contribution is -2.07. The van der Waals surface area contributed by atoms with Gasteiger partial charge < -0.3 is 10.2 Å². The molecule has 0 saturated heterocycles. The van der Waals surface area contributed by atoms with E-state index in [2.05, 4.69) is 31.9 Å². The topological polar surface area (TPSA) is 56.2 Å². The Morgan fingerprint density at radius 2 is 2.00 bits per heavy atom. The molecule has 0 fully saturated rings. The van der Waals surface area contributed by atoms with Crippen molar-refractivity contribution in [2.24, 2.45) is 0 Å². The lowest BCUT2D eigenvalue weighted by atomic mass is 10.2. The Kier molecular flexibility index (Phi) is 2.36. The molecule has 1 aromatic heterocycles. The number of nitrogens with two attached hydrogens (primary N) is 1. The van der Waals surface area contributed by atoms with E-state index in [0.29, 0.717) is 10.1 Å². The summed E-state index contributed by atoms with van der Waals surface area (Å²) in [5, 5.41) is 0.775. The van der Waals surface area contributed by atoms with Crippen molar-refractivity contribution in [1.29, 1.82) is 0 Å². The van der Waals surface area contributed by atoms with E-state index in [1.165, 1.54) is 0 Å². The summed E-state index contributed by atoms with van der Waals surface area (Å²) >= 11 is 6.59. The third-order valence-electron chi connectivity index (χ3n) is 1.84. The van der Waals surface area contributed by atoms with Crippen molar-refractivity contribution in [2.75, 3.05) is 5.73 Å². The zero-order valence-electron chi connectivity index (χ0n) is 6.88. The Morgan fingerprint density at radius 1 is 1.29 bits per heavy atom. The Hall–Kier alpha value is -0.810. The van der Waals surface area contributed by atoms with Gasteiger partial charge in [-0.1, -0.05) is 15.9 Å². The first-order chi connectivity index (χ1) is 6.59. The molecule has 0 spiro atoms. The van der Waals surface area contributed by atoms with Crippen LogP contribution in [-0.4, -0.2) is 0 Å². The van der Waals surface area contributed by atoms with Gasteiger partial charge in [-0.25, -0.2) is 4.79 Å². The van der Waals surface area contributed by atoms with Gasteiger partial charge >= 0.3 is 5.63 Å². The van der Waals surface area contributed by atoms with Gasteiger partial charge in [0.25, 0.3) is 0 Å². The van der Waals surface area contributed by atoms with E-state index in [0.717, 1.165) is 9.86 Å². The Morgan fingerprint density at radius 3 is 2.71 bits per heavy atom. The van der Waals surface area contributed by atoms with Crippen LogP contribution in [0.5, 0.6) is 0 Å². The molecule has 0 atom stereocenters. The third-order valence-corrected chi connectivity index (χ3v) is 3.18. The zero-order chi connectivity index (χ0) is 10.3. The summed E-state index contributed by atoms with van der Waals surface area (Å²) < 4.78 is 6.47. The quantitative estimate of drug-likeness (QED) is 0.760. The molecule has 0 saturated carbocycles. The molecule has 0 bridgehead atoms. The number of hydrogen-bond acceptors (Lipinski definition) is 3. The molecule has 2 aromatic rings. The lowest BCUT2D eigenvalue weighted by Gasteiger charge is -2.02. The van der Waals surface area contributed by atoms with Crippen LogP contribution in [0.15, 0.2) is 36.4 Å². The number of rotatable bonds is 0. The highest BCUT2D eigenvalue weighted by atomic mass is 79.9. The number of benzene rings is 1. The van der Waals surface area contributed by atoms with Crippen LogP contribution in [0, 0.1) is 0 Å². The number of halogens is 2. The van der Waals surface area contributed by atoms with Crippen LogP contribution >= 0.6 is 31.9 Å². The highest BCUT2D eigenvalue weighted by molar-refractivity contribution is 9.11. The minimum atomic E-state index is -0.522. The molecule has 0 unspecified atom stereocenters. The smallest absolute Gasteiger partial charge is 0.360 e. The largest absolute Gasteiger partial charge is 0.421 e. The summed E-state index contributed by atoms with van der Waals surface area (Å²) in [7, 11) is 0. The van der Waals surface area contributed by atoms with Crippen molar-refractivity contribution >= 4 is 48.5 Å². The number of hydrogen-bond donors (Lipinski definition) is 1. The fraction of sp³-hybridized carbons (Fsp3) is 0. The van der Waals surface area contributed by atoms with E-state index >= 15 is 0 Å². The van der Waals surface area contributed by atoms with Crippen molar-refractivity contribution in [3.05, 3.63) is 37.6 Å². The average molecular weight is 319 g/mol. The van der Waals surface area contributed by atoms with Gasteiger partial charge in [0.15, 0.2) is 0 Å². The van der Waals surface area contributed by atoms with Gasteiger partial charge in [0.2, 0.25) is 0 Å². The minimum Gasteiger partial charge on any atom is -0.421 e. The predicted molar refractivity (Wildman–Crippen MR) is 62.3 cm³/mol. The van der Waals surface area contributed by atoms with Crippen LogP contribution in [0.4, 0.5) is 5.69 Å². The van der Waals surface area contributed by atoms with Gasteiger partial charge in [0, 0.05) is 9.86 Å². The predicted octanol–water partition coefficient (Wildman–Crippen LogP) is 2.90. The Bertz CT molecular complexity index is 562. The first-order valence-corrected chi connectivity index (χ1v) is 5.35. The fourth-order valence-electron chi connectivity index (χ4n) is 1.15. The van der Waals surface area contributed by atoms with E-state index in [1.54, 1.807) is 12.1 Å². The van der Waals surface area contributed by atoms with Gasteiger partial charge in [0.05, 0.1) is 4.47 Å². The van der Waals surface area contributed by atoms with Crippen LogP contribution in [0.2, 0.25) is 0 Å².